The van der Waals surface area contributed by atoms with Gasteiger partial charge in [0, 0.05) is 32.0 Å². The third-order valence-corrected chi connectivity index (χ3v) is 2.74. The maximum atomic E-state index is 11.3. The molecule has 2 heterocycles. The lowest BCUT2D eigenvalue weighted by Crippen LogP contribution is -2.30. The summed E-state index contributed by atoms with van der Waals surface area (Å²) in [5, 5.41) is 7.31. The van der Waals surface area contributed by atoms with Crippen molar-refractivity contribution >= 4 is 0 Å². The van der Waals surface area contributed by atoms with Gasteiger partial charge in [0.1, 0.15) is 0 Å². The SMILES string of the molecule is O=c1cccnn1CCNCC1CCOC1. The standard InChI is InChI=1S/C11H17N3O2/c15-11-2-1-4-13-14(11)6-5-12-8-10-3-7-16-9-10/h1-2,4,10,12H,3,5-9H2. The first-order valence-corrected chi connectivity index (χ1v) is 5.67. The van der Waals surface area contributed by atoms with E-state index in [1.807, 2.05) is 0 Å². The molecule has 2 rings (SSSR count). The highest BCUT2D eigenvalue weighted by Gasteiger charge is 2.14. The van der Waals surface area contributed by atoms with Gasteiger partial charge in [-0.2, -0.15) is 5.10 Å². The third kappa shape index (κ3) is 3.15. The minimum absolute atomic E-state index is 0.0477. The molecule has 0 radical (unpaired) electrons. The van der Waals surface area contributed by atoms with Crippen molar-refractivity contribution in [1.29, 1.82) is 0 Å². The van der Waals surface area contributed by atoms with Gasteiger partial charge in [-0.25, -0.2) is 4.68 Å². The molecule has 88 valence electrons. The summed E-state index contributed by atoms with van der Waals surface area (Å²) in [6, 6.07) is 3.18. The monoisotopic (exact) mass is 223 g/mol. The molecule has 0 aromatic carbocycles. The van der Waals surface area contributed by atoms with Gasteiger partial charge in [0.05, 0.1) is 13.2 Å². The molecule has 1 atom stereocenters. The Balaban J connectivity index is 1.68. The summed E-state index contributed by atoms with van der Waals surface area (Å²) < 4.78 is 6.75. The molecule has 0 saturated carbocycles. The molecule has 1 aliphatic heterocycles. The zero-order valence-electron chi connectivity index (χ0n) is 9.26. The average molecular weight is 223 g/mol. The fraction of sp³-hybridized carbons (Fsp3) is 0.636. The first kappa shape index (κ1) is 11.3. The van der Waals surface area contributed by atoms with E-state index in [1.165, 1.54) is 10.7 Å². The van der Waals surface area contributed by atoms with Crippen LogP contribution >= 0.6 is 0 Å². The predicted molar refractivity (Wildman–Crippen MR) is 60.3 cm³/mol. The first-order chi connectivity index (χ1) is 7.86. The van der Waals surface area contributed by atoms with E-state index in [-0.39, 0.29) is 5.56 Å². The Morgan fingerprint density at radius 2 is 2.56 bits per heavy atom. The molecule has 1 aromatic rings. The summed E-state index contributed by atoms with van der Waals surface area (Å²) >= 11 is 0. The third-order valence-electron chi connectivity index (χ3n) is 2.74. The van der Waals surface area contributed by atoms with Crippen molar-refractivity contribution in [3.63, 3.8) is 0 Å². The molecule has 1 aliphatic rings. The highest BCUT2D eigenvalue weighted by molar-refractivity contribution is 4.84. The Morgan fingerprint density at radius 1 is 1.62 bits per heavy atom. The Hall–Kier alpha value is -1.20. The molecule has 1 unspecified atom stereocenters. The smallest absolute Gasteiger partial charge is 0.266 e. The summed E-state index contributed by atoms with van der Waals surface area (Å²) in [7, 11) is 0. The van der Waals surface area contributed by atoms with E-state index in [9.17, 15) is 4.79 Å². The Kier molecular flexibility index (Phi) is 4.07. The summed E-state index contributed by atoms with van der Waals surface area (Å²) in [6.07, 6.45) is 2.77. The second kappa shape index (κ2) is 5.77. The fourth-order valence-corrected chi connectivity index (χ4v) is 1.79. The van der Waals surface area contributed by atoms with Crippen LogP contribution in [0.25, 0.3) is 0 Å². The molecule has 0 spiro atoms. The summed E-state index contributed by atoms with van der Waals surface area (Å²) in [6.45, 7) is 4.09. The van der Waals surface area contributed by atoms with E-state index >= 15 is 0 Å². The van der Waals surface area contributed by atoms with Crippen LogP contribution in [0.3, 0.4) is 0 Å². The van der Waals surface area contributed by atoms with Crippen molar-refractivity contribution in [1.82, 2.24) is 15.1 Å². The van der Waals surface area contributed by atoms with Gasteiger partial charge in [-0.15, -0.1) is 0 Å². The van der Waals surface area contributed by atoms with Crippen molar-refractivity contribution in [3.8, 4) is 0 Å². The highest BCUT2D eigenvalue weighted by Crippen LogP contribution is 2.10. The molecular formula is C11H17N3O2. The van der Waals surface area contributed by atoms with E-state index < -0.39 is 0 Å². The number of nitrogens with zero attached hydrogens (tertiary/aromatic N) is 2. The van der Waals surface area contributed by atoms with Gasteiger partial charge in [-0.3, -0.25) is 4.79 Å². The van der Waals surface area contributed by atoms with Crippen molar-refractivity contribution < 1.29 is 4.74 Å². The number of nitrogens with one attached hydrogen (secondary N) is 1. The van der Waals surface area contributed by atoms with E-state index in [4.69, 9.17) is 4.74 Å². The molecule has 5 nitrogen and oxygen atoms in total. The minimum Gasteiger partial charge on any atom is -0.381 e. The number of hydrogen-bond acceptors (Lipinski definition) is 4. The number of hydrogen-bond donors (Lipinski definition) is 1. The molecule has 16 heavy (non-hydrogen) atoms. The normalized spacial score (nSPS) is 20.1. The maximum absolute atomic E-state index is 11.3. The van der Waals surface area contributed by atoms with Gasteiger partial charge in [0.15, 0.2) is 0 Å². The first-order valence-electron chi connectivity index (χ1n) is 5.67. The van der Waals surface area contributed by atoms with Gasteiger partial charge in [0.25, 0.3) is 5.56 Å². The zero-order chi connectivity index (χ0) is 11.2. The zero-order valence-corrected chi connectivity index (χ0v) is 9.26. The van der Waals surface area contributed by atoms with Crippen LogP contribution in [0.4, 0.5) is 0 Å². The summed E-state index contributed by atoms with van der Waals surface area (Å²) in [5.74, 6) is 0.625. The van der Waals surface area contributed by atoms with Crippen LogP contribution in [0.1, 0.15) is 6.42 Å². The summed E-state index contributed by atoms with van der Waals surface area (Å²) in [4.78, 5) is 11.3. The fourth-order valence-electron chi connectivity index (χ4n) is 1.79. The average Bonchev–Trinajstić information content (AvgIpc) is 2.79. The van der Waals surface area contributed by atoms with Gasteiger partial charge >= 0.3 is 0 Å². The van der Waals surface area contributed by atoms with Crippen LogP contribution in [-0.2, 0) is 11.3 Å². The van der Waals surface area contributed by atoms with Crippen LogP contribution in [0.2, 0.25) is 0 Å². The van der Waals surface area contributed by atoms with Crippen LogP contribution in [0.5, 0.6) is 0 Å². The molecule has 0 amide bonds. The van der Waals surface area contributed by atoms with Crippen LogP contribution in [0.15, 0.2) is 23.1 Å². The largest absolute Gasteiger partial charge is 0.381 e. The van der Waals surface area contributed by atoms with E-state index in [0.717, 1.165) is 32.7 Å². The van der Waals surface area contributed by atoms with Gasteiger partial charge in [0.2, 0.25) is 0 Å². The minimum atomic E-state index is -0.0477. The lowest BCUT2D eigenvalue weighted by Gasteiger charge is -2.09. The second-order valence-corrected chi connectivity index (χ2v) is 4.02. The van der Waals surface area contributed by atoms with E-state index in [0.29, 0.717) is 12.5 Å². The number of aromatic nitrogens is 2. The van der Waals surface area contributed by atoms with E-state index in [1.54, 1.807) is 12.3 Å². The molecule has 1 N–H and O–H groups in total. The Bertz CT molecular complexity index is 371. The van der Waals surface area contributed by atoms with Crippen LogP contribution in [0, 0.1) is 5.92 Å². The lowest BCUT2D eigenvalue weighted by atomic mass is 10.1. The maximum Gasteiger partial charge on any atom is 0.266 e. The molecule has 5 heteroatoms. The number of ether oxygens (including phenoxy) is 1. The van der Waals surface area contributed by atoms with Crippen LogP contribution < -0.4 is 10.9 Å². The van der Waals surface area contributed by atoms with Crippen molar-refractivity contribution in [2.45, 2.75) is 13.0 Å². The van der Waals surface area contributed by atoms with Crippen molar-refractivity contribution in [2.75, 3.05) is 26.3 Å². The topological polar surface area (TPSA) is 56.2 Å². The number of rotatable bonds is 5. The van der Waals surface area contributed by atoms with Crippen molar-refractivity contribution in [3.05, 3.63) is 28.7 Å². The van der Waals surface area contributed by atoms with E-state index in [2.05, 4.69) is 10.4 Å². The molecule has 1 fully saturated rings. The molecule has 1 aromatic heterocycles. The lowest BCUT2D eigenvalue weighted by molar-refractivity contribution is 0.185. The second-order valence-electron chi connectivity index (χ2n) is 4.02. The van der Waals surface area contributed by atoms with Crippen molar-refractivity contribution in [2.24, 2.45) is 5.92 Å². The Morgan fingerprint density at radius 3 is 3.31 bits per heavy atom. The van der Waals surface area contributed by atoms with Gasteiger partial charge in [-0.05, 0) is 18.4 Å². The predicted octanol–water partition coefficient (Wildman–Crippen LogP) is -0.131. The highest BCUT2D eigenvalue weighted by atomic mass is 16.5. The quantitative estimate of drug-likeness (QED) is 0.706. The van der Waals surface area contributed by atoms with Gasteiger partial charge < -0.3 is 10.1 Å². The van der Waals surface area contributed by atoms with Gasteiger partial charge in [-0.1, -0.05) is 0 Å². The Labute approximate surface area is 94.4 Å². The van der Waals surface area contributed by atoms with Crippen LogP contribution in [-0.4, -0.2) is 36.1 Å². The molecule has 0 bridgehead atoms. The summed E-state index contributed by atoms with van der Waals surface area (Å²) in [5.41, 5.74) is -0.0477. The molecule has 0 aliphatic carbocycles. The molecular weight excluding hydrogens is 206 g/mol. The molecule has 1 saturated heterocycles.